The van der Waals surface area contributed by atoms with Gasteiger partial charge in [-0.2, -0.15) is 0 Å². The summed E-state index contributed by atoms with van der Waals surface area (Å²) >= 11 is -0.212. The van der Waals surface area contributed by atoms with Crippen LogP contribution in [0.2, 0.25) is 0 Å². The van der Waals surface area contributed by atoms with Gasteiger partial charge in [-0.15, -0.1) is 24.8 Å². The first kappa shape index (κ1) is 23.5. The van der Waals surface area contributed by atoms with Crippen LogP contribution in [0.3, 0.4) is 0 Å². The maximum Gasteiger partial charge on any atom is -0.147 e. The normalized spacial score (nSPS) is 14.0. The minimum absolute atomic E-state index is 0. The zero-order chi connectivity index (χ0) is 17.3. The monoisotopic (exact) mass is 425 g/mol. The van der Waals surface area contributed by atoms with Gasteiger partial charge in [0.15, 0.2) is 0 Å². The summed E-state index contributed by atoms with van der Waals surface area (Å²) in [6, 6.07) is 13.5. The van der Waals surface area contributed by atoms with Crippen LogP contribution in [0.5, 0.6) is 0 Å². The summed E-state index contributed by atoms with van der Waals surface area (Å²) in [5.41, 5.74) is 7.66. The summed E-state index contributed by atoms with van der Waals surface area (Å²) in [5.74, 6) is 0. The summed E-state index contributed by atoms with van der Waals surface area (Å²) in [6.07, 6.45) is 3.45. The van der Waals surface area contributed by atoms with E-state index < -0.39 is 0 Å². The SMILES string of the molecule is CC1=CCC(c2ccc3ccccc3c2[CH2][Ti][NH]C(C)(C)C)=C1C.Cl.Cl. The van der Waals surface area contributed by atoms with Crippen LogP contribution in [0.15, 0.2) is 53.6 Å². The minimum atomic E-state index is -0.212. The third-order valence-electron chi connectivity index (χ3n) is 4.75. The Morgan fingerprint density at radius 2 is 1.69 bits per heavy atom. The number of halogens is 2. The molecule has 0 heterocycles. The van der Waals surface area contributed by atoms with Crippen LogP contribution < -0.4 is 3.80 Å². The Morgan fingerprint density at radius 3 is 2.31 bits per heavy atom. The molecule has 0 aromatic heterocycles. The van der Waals surface area contributed by atoms with E-state index in [2.05, 4.69) is 80.9 Å². The fraction of sp³-hybridized carbons (Fsp3) is 0.364. The van der Waals surface area contributed by atoms with E-state index in [0.29, 0.717) is 0 Å². The standard InChI is InChI=1S/C18H17.C4H10N.2ClH.Ti/c1-12-8-10-17(13(12)2)18-11-9-15-6-4-5-7-16(15)14(18)3;1-4(2,3)5;;;/h4-9,11H,3,10H2,1-2H3;5H,1-3H3;2*1H;/q;-1;;;+1. The van der Waals surface area contributed by atoms with Gasteiger partial charge in [-0.1, -0.05) is 0 Å². The second-order valence-electron chi connectivity index (χ2n) is 7.74. The van der Waals surface area contributed by atoms with Crippen molar-refractivity contribution in [2.75, 3.05) is 0 Å². The average Bonchev–Trinajstić information content (AvgIpc) is 2.86. The molecule has 3 rings (SSSR count). The molecular weight excluding hydrogens is 397 g/mol. The van der Waals surface area contributed by atoms with Crippen molar-refractivity contribution >= 4 is 41.2 Å². The molecule has 0 bridgehead atoms. The number of allylic oxidation sites excluding steroid dienone is 4. The van der Waals surface area contributed by atoms with E-state index in [1.807, 2.05) is 0 Å². The molecule has 1 N–H and O–H groups in total. The van der Waals surface area contributed by atoms with Gasteiger partial charge in [-0.25, -0.2) is 0 Å². The molecule has 0 unspecified atom stereocenters. The molecule has 0 aliphatic heterocycles. The molecule has 0 amide bonds. The zero-order valence-electron chi connectivity index (χ0n) is 16.3. The first-order valence-electron chi connectivity index (χ1n) is 8.75. The van der Waals surface area contributed by atoms with Crippen molar-refractivity contribution in [3.8, 4) is 0 Å². The van der Waals surface area contributed by atoms with Gasteiger partial charge in [0.05, 0.1) is 0 Å². The van der Waals surface area contributed by atoms with Crippen molar-refractivity contribution in [2.45, 2.75) is 51.3 Å². The molecule has 1 nitrogen and oxygen atoms in total. The zero-order valence-corrected chi connectivity index (χ0v) is 19.5. The van der Waals surface area contributed by atoms with E-state index in [0.717, 1.165) is 6.42 Å². The fourth-order valence-electron chi connectivity index (χ4n) is 3.32. The number of rotatable bonds is 4. The van der Waals surface area contributed by atoms with Crippen molar-refractivity contribution in [3.05, 3.63) is 64.7 Å². The molecule has 26 heavy (non-hydrogen) atoms. The van der Waals surface area contributed by atoms with Gasteiger partial charge >= 0.3 is 156 Å². The van der Waals surface area contributed by atoms with Gasteiger partial charge < -0.3 is 0 Å². The molecule has 0 saturated heterocycles. The van der Waals surface area contributed by atoms with Crippen molar-refractivity contribution in [3.63, 3.8) is 0 Å². The van der Waals surface area contributed by atoms with Gasteiger partial charge in [0, 0.05) is 0 Å². The Balaban J connectivity index is 0.00000169. The molecule has 0 fully saturated rings. The Hall–Kier alpha value is -0.566. The molecular formula is C22H29Cl2NTi. The Kier molecular flexibility index (Phi) is 8.65. The molecule has 4 heteroatoms. The van der Waals surface area contributed by atoms with Gasteiger partial charge in [-0.05, 0) is 0 Å². The quantitative estimate of drug-likeness (QED) is 0.537. The number of benzene rings is 2. The van der Waals surface area contributed by atoms with E-state index in [1.165, 1.54) is 37.8 Å². The number of nitrogens with one attached hydrogen (secondary N) is 1. The van der Waals surface area contributed by atoms with Crippen LogP contribution in [0.4, 0.5) is 0 Å². The van der Waals surface area contributed by atoms with E-state index in [4.69, 9.17) is 0 Å². The topological polar surface area (TPSA) is 12.0 Å². The van der Waals surface area contributed by atoms with Crippen LogP contribution in [-0.4, -0.2) is 5.54 Å². The van der Waals surface area contributed by atoms with Crippen LogP contribution in [0.1, 0.15) is 52.2 Å². The summed E-state index contributed by atoms with van der Waals surface area (Å²) in [7, 11) is 0. The van der Waals surface area contributed by atoms with Gasteiger partial charge in [0.25, 0.3) is 0 Å². The summed E-state index contributed by atoms with van der Waals surface area (Å²) < 4.78 is 4.95. The van der Waals surface area contributed by atoms with Crippen molar-refractivity contribution in [1.29, 1.82) is 0 Å². The third-order valence-corrected chi connectivity index (χ3v) is 7.03. The predicted molar refractivity (Wildman–Crippen MR) is 116 cm³/mol. The van der Waals surface area contributed by atoms with E-state index in [-0.39, 0.29) is 49.8 Å². The van der Waals surface area contributed by atoms with E-state index in [9.17, 15) is 0 Å². The van der Waals surface area contributed by atoms with E-state index >= 15 is 0 Å². The maximum absolute atomic E-state index is 3.77. The van der Waals surface area contributed by atoms with Crippen molar-refractivity contribution in [1.82, 2.24) is 3.80 Å². The molecule has 0 saturated carbocycles. The molecule has 1 aliphatic carbocycles. The average molecular weight is 426 g/mol. The first-order chi connectivity index (χ1) is 11.4. The molecule has 2 aromatic rings. The van der Waals surface area contributed by atoms with Gasteiger partial charge in [-0.3, -0.25) is 0 Å². The Bertz CT molecular complexity index is 832. The molecule has 0 atom stereocenters. The van der Waals surface area contributed by atoms with E-state index in [1.54, 1.807) is 5.56 Å². The summed E-state index contributed by atoms with van der Waals surface area (Å²) in [5, 5.41) is 2.79. The summed E-state index contributed by atoms with van der Waals surface area (Å²) in [4.78, 5) is 0. The fourth-order valence-corrected chi connectivity index (χ4v) is 5.16. The smallest absolute Gasteiger partial charge is 0.147 e. The first-order valence-corrected chi connectivity index (χ1v) is 10.6. The Morgan fingerprint density at radius 1 is 1.00 bits per heavy atom. The number of fused-ring (bicyclic) bond motifs is 1. The van der Waals surface area contributed by atoms with Gasteiger partial charge in [0.2, 0.25) is 0 Å². The molecule has 2 aromatic carbocycles. The minimum Gasteiger partial charge on any atom is -0.147 e. The molecule has 0 radical (unpaired) electrons. The summed E-state index contributed by atoms with van der Waals surface area (Å²) in [6.45, 7) is 11.3. The number of hydrogen-bond donors (Lipinski definition) is 1. The van der Waals surface area contributed by atoms with Crippen molar-refractivity contribution < 1.29 is 19.4 Å². The van der Waals surface area contributed by atoms with Crippen molar-refractivity contribution in [2.24, 2.45) is 0 Å². The predicted octanol–water partition coefficient (Wildman–Crippen LogP) is 6.69. The molecule has 0 spiro atoms. The van der Waals surface area contributed by atoms with Crippen LogP contribution in [0, 0.1) is 0 Å². The van der Waals surface area contributed by atoms with Crippen LogP contribution >= 0.6 is 24.8 Å². The van der Waals surface area contributed by atoms with Crippen LogP contribution in [0.25, 0.3) is 16.3 Å². The largest absolute Gasteiger partial charge is 0.147 e. The third kappa shape index (κ3) is 5.24. The second-order valence-corrected chi connectivity index (χ2v) is 9.23. The molecule has 1 aliphatic rings. The van der Waals surface area contributed by atoms with Gasteiger partial charge in [0.1, 0.15) is 0 Å². The number of hydrogen-bond acceptors (Lipinski definition) is 1. The second kappa shape index (κ2) is 9.58. The van der Waals surface area contributed by atoms with Crippen LogP contribution in [-0.2, 0) is 24.1 Å². The molecule has 140 valence electrons. The maximum atomic E-state index is 3.77. The Labute approximate surface area is 179 Å².